The third-order valence-corrected chi connectivity index (χ3v) is 4.05. The number of rotatable bonds is 17. The van der Waals surface area contributed by atoms with E-state index in [0.717, 1.165) is 19.3 Å². The quantitative estimate of drug-likeness (QED) is 0.331. The molecule has 0 spiro atoms. The van der Waals surface area contributed by atoms with Crippen molar-refractivity contribution in [1.82, 2.24) is 0 Å². The molecular weight excluding hydrogens is 355 g/mol. The van der Waals surface area contributed by atoms with E-state index >= 15 is 0 Å². The van der Waals surface area contributed by atoms with Crippen molar-refractivity contribution >= 4 is 5.97 Å². The fraction of sp³-hybridized carbons (Fsp3) is 0.944. The van der Waals surface area contributed by atoms with Crippen LogP contribution >= 0.6 is 0 Å². The Morgan fingerprint density at radius 1 is 0.545 bits per heavy atom. The van der Waals surface area contributed by atoms with Gasteiger partial charge in [-0.25, -0.2) is 0 Å². The van der Waals surface area contributed by atoms with Gasteiger partial charge < -0.3 is 10.2 Å². The molecule has 22 heavy (non-hydrogen) atoms. The van der Waals surface area contributed by atoms with Gasteiger partial charge in [-0.05, 0) is 12.8 Å². The van der Waals surface area contributed by atoms with Crippen LogP contribution in [0.25, 0.3) is 0 Å². The summed E-state index contributed by atoms with van der Waals surface area (Å²) in [6, 6.07) is 0. The first-order chi connectivity index (χ1) is 10.3. The van der Waals surface area contributed by atoms with E-state index in [9.17, 15) is 4.79 Å². The van der Waals surface area contributed by atoms with Crippen LogP contribution in [-0.4, -0.2) is 22.8 Å². The number of hydrogen-bond acceptors (Lipinski definition) is 2. The number of carbonyl (C=O) groups is 1. The van der Waals surface area contributed by atoms with E-state index in [1.54, 1.807) is 0 Å². The van der Waals surface area contributed by atoms with Crippen molar-refractivity contribution < 1.29 is 41.2 Å². The standard InChI is InChI=1S/C18H36O3.Zr/c19-17-15-13-11-9-7-5-3-1-2-4-6-8-10-12-14-16-18(20)21;/h19H,1-17H2,(H,20,21);. The van der Waals surface area contributed by atoms with E-state index < -0.39 is 5.97 Å². The Morgan fingerprint density at radius 3 is 1.09 bits per heavy atom. The van der Waals surface area contributed by atoms with E-state index in [1.165, 1.54) is 77.0 Å². The van der Waals surface area contributed by atoms with E-state index in [1.807, 2.05) is 0 Å². The fourth-order valence-electron chi connectivity index (χ4n) is 2.69. The molecule has 0 aliphatic rings. The Bertz CT molecular complexity index is 222. The van der Waals surface area contributed by atoms with Crippen molar-refractivity contribution in [2.75, 3.05) is 6.61 Å². The van der Waals surface area contributed by atoms with Gasteiger partial charge in [0.1, 0.15) is 0 Å². The third-order valence-electron chi connectivity index (χ3n) is 4.05. The first-order valence-corrected chi connectivity index (χ1v) is 9.10. The maximum absolute atomic E-state index is 10.3. The Morgan fingerprint density at radius 2 is 0.818 bits per heavy atom. The molecule has 0 fully saturated rings. The predicted octanol–water partition coefficient (Wildman–Crippen LogP) is 5.30. The second-order valence-electron chi connectivity index (χ2n) is 6.17. The zero-order chi connectivity index (χ0) is 15.6. The molecule has 0 aliphatic heterocycles. The van der Waals surface area contributed by atoms with Crippen LogP contribution in [0.3, 0.4) is 0 Å². The first-order valence-electron chi connectivity index (χ1n) is 9.10. The summed E-state index contributed by atoms with van der Waals surface area (Å²) in [5, 5.41) is 17.2. The number of aliphatic hydroxyl groups excluding tert-OH is 1. The van der Waals surface area contributed by atoms with Crippen molar-refractivity contribution in [2.24, 2.45) is 0 Å². The number of aliphatic carboxylic acids is 1. The minimum absolute atomic E-state index is 0. The van der Waals surface area contributed by atoms with Crippen LogP contribution in [-0.2, 0) is 31.0 Å². The van der Waals surface area contributed by atoms with Gasteiger partial charge in [-0.15, -0.1) is 0 Å². The van der Waals surface area contributed by atoms with Crippen molar-refractivity contribution in [3.05, 3.63) is 0 Å². The van der Waals surface area contributed by atoms with Crippen LogP contribution in [0.2, 0.25) is 0 Å². The predicted molar refractivity (Wildman–Crippen MR) is 88.6 cm³/mol. The minimum Gasteiger partial charge on any atom is -0.481 e. The van der Waals surface area contributed by atoms with Gasteiger partial charge in [-0.2, -0.15) is 0 Å². The summed E-state index contributed by atoms with van der Waals surface area (Å²) < 4.78 is 0. The van der Waals surface area contributed by atoms with Gasteiger partial charge >= 0.3 is 5.97 Å². The van der Waals surface area contributed by atoms with Crippen molar-refractivity contribution in [3.63, 3.8) is 0 Å². The molecule has 0 aromatic heterocycles. The van der Waals surface area contributed by atoms with E-state index in [-0.39, 0.29) is 26.2 Å². The van der Waals surface area contributed by atoms with Gasteiger partial charge in [-0.1, -0.05) is 83.5 Å². The van der Waals surface area contributed by atoms with E-state index in [4.69, 9.17) is 10.2 Å². The molecule has 0 saturated heterocycles. The maximum Gasteiger partial charge on any atom is 0.303 e. The number of aliphatic hydroxyl groups is 1. The molecule has 2 N–H and O–H groups in total. The summed E-state index contributed by atoms with van der Waals surface area (Å²) in [5.74, 6) is -0.664. The molecule has 0 heterocycles. The van der Waals surface area contributed by atoms with Gasteiger partial charge in [0, 0.05) is 39.2 Å². The third kappa shape index (κ3) is 22.6. The zero-order valence-electron chi connectivity index (χ0n) is 14.3. The van der Waals surface area contributed by atoms with E-state index in [2.05, 4.69) is 0 Å². The molecule has 0 radical (unpaired) electrons. The van der Waals surface area contributed by atoms with Crippen molar-refractivity contribution in [2.45, 2.75) is 103 Å². The van der Waals surface area contributed by atoms with Crippen LogP contribution < -0.4 is 0 Å². The van der Waals surface area contributed by atoms with Crippen molar-refractivity contribution in [1.29, 1.82) is 0 Å². The van der Waals surface area contributed by atoms with Crippen LogP contribution in [0.1, 0.15) is 103 Å². The molecule has 0 atom stereocenters. The van der Waals surface area contributed by atoms with Gasteiger partial charge in [0.15, 0.2) is 0 Å². The van der Waals surface area contributed by atoms with Gasteiger partial charge in [0.25, 0.3) is 0 Å². The normalized spacial score (nSPS) is 10.4. The Hall–Kier alpha value is 0.313. The van der Waals surface area contributed by atoms with Crippen LogP contribution in [0.5, 0.6) is 0 Å². The second-order valence-corrected chi connectivity index (χ2v) is 6.17. The largest absolute Gasteiger partial charge is 0.481 e. The molecule has 0 aromatic rings. The Balaban J connectivity index is 0. The molecule has 4 heteroatoms. The number of hydrogen-bond donors (Lipinski definition) is 2. The Labute approximate surface area is 156 Å². The second kappa shape index (κ2) is 21.3. The molecule has 0 bridgehead atoms. The Kier molecular flexibility index (Phi) is 23.8. The topological polar surface area (TPSA) is 57.5 Å². The summed E-state index contributed by atoms with van der Waals surface area (Å²) in [6.45, 7) is 0.347. The van der Waals surface area contributed by atoms with Crippen molar-refractivity contribution in [3.8, 4) is 0 Å². The van der Waals surface area contributed by atoms with Gasteiger partial charge in [0.05, 0.1) is 0 Å². The molecule has 0 aromatic carbocycles. The summed E-state index contributed by atoms with van der Waals surface area (Å²) in [6.07, 6.45) is 19.0. The smallest absolute Gasteiger partial charge is 0.303 e. The average molecular weight is 392 g/mol. The minimum atomic E-state index is -0.664. The number of carboxylic acids is 1. The molecule has 3 nitrogen and oxygen atoms in total. The molecule has 130 valence electrons. The summed E-state index contributed by atoms with van der Waals surface area (Å²) in [7, 11) is 0. The maximum atomic E-state index is 10.3. The van der Waals surface area contributed by atoms with Gasteiger partial charge in [0.2, 0.25) is 0 Å². The van der Waals surface area contributed by atoms with E-state index in [0.29, 0.717) is 13.0 Å². The fourth-order valence-corrected chi connectivity index (χ4v) is 2.69. The SMILES string of the molecule is O=C(O)CCCCCCCCCCCCCCCCCO.[Zr]. The molecule has 0 aliphatic carbocycles. The number of unbranched alkanes of at least 4 members (excludes halogenated alkanes) is 14. The summed E-state index contributed by atoms with van der Waals surface area (Å²) in [5.41, 5.74) is 0. The van der Waals surface area contributed by atoms with Gasteiger partial charge in [-0.3, -0.25) is 4.79 Å². The van der Waals surface area contributed by atoms with Crippen LogP contribution in [0, 0.1) is 0 Å². The van der Waals surface area contributed by atoms with Crippen LogP contribution in [0.15, 0.2) is 0 Å². The summed E-state index contributed by atoms with van der Waals surface area (Å²) in [4.78, 5) is 10.3. The monoisotopic (exact) mass is 390 g/mol. The number of carboxylic acid groups (broad SMARTS) is 1. The molecular formula is C18H36O3Zr. The molecule has 0 amide bonds. The molecule has 0 saturated carbocycles. The first kappa shape index (κ1) is 24.6. The van der Waals surface area contributed by atoms with Crippen LogP contribution in [0.4, 0.5) is 0 Å². The summed E-state index contributed by atoms with van der Waals surface area (Å²) >= 11 is 0. The zero-order valence-corrected chi connectivity index (χ0v) is 16.8. The average Bonchev–Trinajstić information content (AvgIpc) is 2.46. The molecule has 0 unspecified atom stereocenters. The molecule has 0 rings (SSSR count).